The predicted molar refractivity (Wildman–Crippen MR) is 222 cm³/mol. The van der Waals surface area contributed by atoms with Gasteiger partial charge < -0.3 is 40.9 Å². The van der Waals surface area contributed by atoms with Crippen LogP contribution >= 0.6 is 0 Å². The van der Waals surface area contributed by atoms with Gasteiger partial charge in [0, 0.05) is 61.1 Å². The van der Waals surface area contributed by atoms with E-state index in [0.717, 1.165) is 17.7 Å². The van der Waals surface area contributed by atoms with Crippen molar-refractivity contribution in [3.05, 3.63) is 94.8 Å². The lowest BCUT2D eigenvalue weighted by Gasteiger charge is -2.62. The molecule has 4 fully saturated rings. The molecule has 7 atom stereocenters. The number of methoxy groups -OCH3 is 1. The molecular formula is C45H59N5O8. The third-order valence-corrected chi connectivity index (χ3v) is 12.7. The molecule has 312 valence electrons. The van der Waals surface area contributed by atoms with Crippen LogP contribution in [0.4, 0.5) is 5.69 Å². The number of fused-ring (bicyclic) bond motifs is 2. The maximum atomic E-state index is 14.3. The number of para-hydroxylation sites is 1. The summed E-state index contributed by atoms with van der Waals surface area (Å²) in [5.74, 6) is 0.585. The number of hydroxylamine groups is 2. The van der Waals surface area contributed by atoms with Crippen LogP contribution in [0, 0.1) is 23.2 Å². The fourth-order valence-electron chi connectivity index (χ4n) is 9.28. The van der Waals surface area contributed by atoms with E-state index in [-0.39, 0.29) is 55.2 Å². The molecule has 3 saturated carbocycles. The highest BCUT2D eigenvalue weighted by Gasteiger charge is 2.57. The van der Waals surface area contributed by atoms with Crippen LogP contribution in [0.3, 0.4) is 0 Å². The second kappa shape index (κ2) is 17.9. The van der Waals surface area contributed by atoms with Crippen molar-refractivity contribution in [1.82, 2.24) is 21.0 Å². The fraction of sp³-hybridized carbons (Fsp3) is 0.489. The van der Waals surface area contributed by atoms with Gasteiger partial charge in [-0.25, -0.2) is 0 Å². The Kier molecular flexibility index (Phi) is 13.2. The van der Waals surface area contributed by atoms with Gasteiger partial charge in [-0.2, -0.15) is 5.06 Å². The van der Waals surface area contributed by atoms with Gasteiger partial charge in [0.15, 0.2) is 0 Å². The van der Waals surface area contributed by atoms with Crippen molar-refractivity contribution in [2.45, 2.75) is 77.7 Å². The van der Waals surface area contributed by atoms with Crippen LogP contribution in [-0.2, 0) is 27.4 Å². The van der Waals surface area contributed by atoms with E-state index in [1.807, 2.05) is 73.6 Å². The number of nitrogens with zero attached hydrogens (tertiary/aromatic N) is 2. The lowest BCUT2D eigenvalue weighted by Crippen LogP contribution is -2.62. The van der Waals surface area contributed by atoms with Crippen LogP contribution in [0.2, 0.25) is 0 Å². The average molecular weight is 798 g/mol. The molecule has 4 aliphatic rings. The van der Waals surface area contributed by atoms with Gasteiger partial charge in [0.05, 0.1) is 32.6 Å². The smallest absolute Gasteiger partial charge is 0.252 e. The number of carbonyl (C=O) groups is 3. The number of rotatable bonds is 15. The molecule has 3 aromatic rings. The summed E-state index contributed by atoms with van der Waals surface area (Å²) in [5, 5.41) is 40.9. The number of nitrogens with one attached hydrogen (secondary N) is 3. The van der Waals surface area contributed by atoms with Crippen LogP contribution in [-0.4, -0.2) is 103 Å². The first kappa shape index (κ1) is 42.7. The molecule has 13 heteroatoms. The number of allylic oxidation sites excluding steroid dienone is 1. The first-order chi connectivity index (χ1) is 27.7. The lowest BCUT2D eigenvalue weighted by atomic mass is 9.45. The quantitative estimate of drug-likeness (QED) is 0.121. The van der Waals surface area contributed by atoms with Crippen molar-refractivity contribution in [2.24, 2.45) is 23.2 Å². The van der Waals surface area contributed by atoms with E-state index in [0.29, 0.717) is 45.4 Å². The van der Waals surface area contributed by atoms with Crippen LogP contribution in [0.25, 0.3) is 11.1 Å². The molecule has 13 nitrogen and oxygen atoms in total. The minimum Gasteiger partial charge on any atom is -0.512 e. The molecule has 7 rings (SSSR count). The molecule has 0 spiro atoms. The summed E-state index contributed by atoms with van der Waals surface area (Å²) < 4.78 is 6.06. The minimum absolute atomic E-state index is 0.0173. The Morgan fingerprint density at radius 3 is 2.40 bits per heavy atom. The van der Waals surface area contributed by atoms with Gasteiger partial charge in [-0.3, -0.25) is 19.2 Å². The molecule has 6 N–H and O–H groups in total. The predicted octanol–water partition coefficient (Wildman–Crippen LogP) is 4.37. The Labute approximate surface area is 341 Å². The fourth-order valence-corrected chi connectivity index (χ4v) is 9.28. The van der Waals surface area contributed by atoms with Gasteiger partial charge in [-0.05, 0) is 72.3 Å². The summed E-state index contributed by atoms with van der Waals surface area (Å²) in [5.41, 5.74) is 4.49. The van der Waals surface area contributed by atoms with Crippen molar-refractivity contribution in [3.63, 3.8) is 0 Å². The van der Waals surface area contributed by atoms with Crippen LogP contribution in [0.5, 0.6) is 5.75 Å². The van der Waals surface area contributed by atoms with E-state index < -0.39 is 36.6 Å². The van der Waals surface area contributed by atoms with Gasteiger partial charge in [0.1, 0.15) is 23.9 Å². The SMILES string of the molecule is COc1c(CN2O[C@@H](CO)/C(=C(/C)O)[C@H]2C(=O)N[C@H]2C[C@H]3C[C@@H]([C@@H]2C)C3(C)C)cccc1-c1cc(C(=O)N[C@H](Cc2ccccc2)C(=O)NCCO)cc(N(C)C)c1. The molecule has 58 heavy (non-hydrogen) atoms. The number of benzene rings is 3. The van der Waals surface area contributed by atoms with Gasteiger partial charge >= 0.3 is 0 Å². The molecule has 1 saturated heterocycles. The second-order valence-corrected chi connectivity index (χ2v) is 16.8. The van der Waals surface area contributed by atoms with E-state index in [1.165, 1.54) is 18.4 Å². The van der Waals surface area contributed by atoms with Gasteiger partial charge in [0.2, 0.25) is 11.8 Å². The molecule has 0 aromatic heterocycles. The zero-order valence-electron chi connectivity index (χ0n) is 34.6. The number of aliphatic hydroxyl groups excluding tert-OH is 3. The highest BCUT2D eigenvalue weighted by molar-refractivity contribution is 6.00. The van der Waals surface area contributed by atoms with Crippen molar-refractivity contribution in [2.75, 3.05) is 45.9 Å². The summed E-state index contributed by atoms with van der Waals surface area (Å²) in [4.78, 5) is 49.5. The Bertz CT molecular complexity index is 2000. The second-order valence-electron chi connectivity index (χ2n) is 16.8. The molecular weight excluding hydrogens is 739 g/mol. The van der Waals surface area contributed by atoms with Crippen molar-refractivity contribution in [1.29, 1.82) is 0 Å². The summed E-state index contributed by atoms with van der Waals surface area (Å²) in [7, 11) is 5.29. The molecule has 1 aliphatic heterocycles. The third-order valence-electron chi connectivity index (χ3n) is 12.7. The highest BCUT2D eigenvalue weighted by atomic mass is 16.7. The van der Waals surface area contributed by atoms with E-state index in [9.17, 15) is 29.7 Å². The van der Waals surface area contributed by atoms with Gasteiger partial charge in [-0.15, -0.1) is 0 Å². The van der Waals surface area contributed by atoms with Crippen molar-refractivity contribution < 1.29 is 39.3 Å². The molecule has 1 heterocycles. The Morgan fingerprint density at radius 1 is 1.03 bits per heavy atom. The Hall–Kier alpha value is -4.95. The van der Waals surface area contributed by atoms with Crippen LogP contribution in [0.15, 0.2) is 78.1 Å². The van der Waals surface area contributed by atoms with Gasteiger partial charge in [0.25, 0.3) is 5.91 Å². The van der Waals surface area contributed by atoms with Crippen molar-refractivity contribution in [3.8, 4) is 16.9 Å². The Balaban J connectivity index is 1.29. The van der Waals surface area contributed by atoms with Crippen LogP contribution < -0.4 is 25.6 Å². The van der Waals surface area contributed by atoms with Crippen LogP contribution in [0.1, 0.15) is 62.0 Å². The summed E-state index contributed by atoms with van der Waals surface area (Å²) in [6.45, 7) is 7.80. The molecule has 0 unspecified atom stereocenters. The normalized spacial score (nSPS) is 24.9. The summed E-state index contributed by atoms with van der Waals surface area (Å²) in [6, 6.07) is 18.5. The number of hydrogen-bond donors (Lipinski definition) is 6. The van der Waals surface area contributed by atoms with Gasteiger partial charge in [-0.1, -0.05) is 69.3 Å². The maximum absolute atomic E-state index is 14.3. The van der Waals surface area contributed by atoms with E-state index >= 15 is 0 Å². The molecule has 3 amide bonds. The number of carbonyl (C=O) groups excluding carboxylic acids is 3. The zero-order valence-corrected chi connectivity index (χ0v) is 34.6. The first-order valence-corrected chi connectivity index (χ1v) is 20.1. The monoisotopic (exact) mass is 797 g/mol. The number of hydrogen-bond acceptors (Lipinski definition) is 10. The summed E-state index contributed by atoms with van der Waals surface area (Å²) in [6.07, 6.45) is 1.39. The summed E-state index contributed by atoms with van der Waals surface area (Å²) >= 11 is 0. The first-order valence-electron chi connectivity index (χ1n) is 20.1. The minimum atomic E-state index is -1.00. The molecule has 2 bridgehead atoms. The third kappa shape index (κ3) is 8.73. The Morgan fingerprint density at radius 2 is 1.78 bits per heavy atom. The standard InChI is InChI=1S/C45H59N5O8/c1-26-35-22-32(45(35,3)4)23-36(26)47-44(56)40-39(27(2)53)38(25-52)58-50(40)24-29-14-11-15-34(41(29)57-7)30-19-31(21-33(20-30)49(5)6)42(54)48-37(43(55)46-16-17-51)18-28-12-9-8-10-13-28/h8-15,19-21,26,32,35-38,40,51-53H,16-18,22-25H2,1-7H3,(H,46,55)(H,47,56)(H,48,54)/b39-27+/t26-,32+,35-,36-,37+,38-,40-/m0/s1. The largest absolute Gasteiger partial charge is 0.512 e. The van der Waals surface area contributed by atoms with Crippen molar-refractivity contribution >= 4 is 23.4 Å². The topological polar surface area (TPSA) is 173 Å². The molecule has 3 aliphatic carbocycles. The lowest BCUT2D eigenvalue weighted by molar-refractivity contribution is -0.182. The average Bonchev–Trinajstić information content (AvgIpc) is 3.58. The number of anilines is 1. The zero-order chi connectivity index (χ0) is 41.9. The maximum Gasteiger partial charge on any atom is 0.252 e. The molecule has 3 aromatic carbocycles. The highest BCUT2D eigenvalue weighted by Crippen LogP contribution is 2.61. The molecule has 0 radical (unpaired) electrons. The van der Waals surface area contributed by atoms with E-state index in [2.05, 4.69) is 36.7 Å². The van der Waals surface area contributed by atoms with E-state index in [4.69, 9.17) is 9.57 Å². The number of amides is 3. The number of aliphatic hydroxyl groups is 3. The van der Waals surface area contributed by atoms with E-state index in [1.54, 1.807) is 19.2 Å². The number of ether oxygens (including phenoxy) is 1.